The molecule has 1 atom stereocenters. The lowest BCUT2D eigenvalue weighted by Crippen LogP contribution is -2.32. The van der Waals surface area contributed by atoms with Crippen LogP contribution in [0.5, 0.6) is 11.5 Å². The first-order valence-corrected chi connectivity index (χ1v) is 18.2. The van der Waals surface area contributed by atoms with Crippen molar-refractivity contribution >= 4 is 39.0 Å². The zero-order chi connectivity index (χ0) is 35.8. The SMILES string of the molecule is N#Cc1ccc2c(c1)Oc1ccccc1C21c2ccccc2-c2cc(N(c3ccccc3)c3ccc4c(oc5ccccc54)c3-c3ccccc3)ccc21. The smallest absolute Gasteiger partial charge is 0.145 e. The number of para-hydroxylation sites is 3. The quantitative estimate of drug-likeness (QED) is 0.184. The summed E-state index contributed by atoms with van der Waals surface area (Å²) >= 11 is 0. The lowest BCUT2D eigenvalue weighted by atomic mass is 9.66. The first-order chi connectivity index (χ1) is 26.7. The molecule has 1 spiro atoms. The molecule has 4 nitrogen and oxygen atoms in total. The molecule has 11 rings (SSSR count). The molecule has 2 aliphatic rings. The Labute approximate surface area is 312 Å². The Kier molecular flexibility index (Phi) is 6.50. The zero-order valence-electron chi connectivity index (χ0n) is 29.0. The highest BCUT2D eigenvalue weighted by Gasteiger charge is 2.51. The first kappa shape index (κ1) is 30.3. The van der Waals surface area contributed by atoms with E-state index >= 15 is 0 Å². The van der Waals surface area contributed by atoms with Crippen LogP contribution in [0.1, 0.15) is 27.8 Å². The van der Waals surface area contributed by atoms with Crippen LogP contribution in [0, 0.1) is 11.3 Å². The summed E-state index contributed by atoms with van der Waals surface area (Å²) in [6.45, 7) is 0. The van der Waals surface area contributed by atoms with E-state index in [4.69, 9.17) is 9.15 Å². The van der Waals surface area contributed by atoms with Crippen LogP contribution in [0.3, 0.4) is 0 Å². The minimum atomic E-state index is -0.636. The fourth-order valence-electron chi connectivity index (χ4n) is 8.96. The lowest BCUT2D eigenvalue weighted by Gasteiger charge is -2.39. The van der Waals surface area contributed by atoms with Crippen molar-refractivity contribution in [3.05, 3.63) is 210 Å². The van der Waals surface area contributed by atoms with E-state index in [0.29, 0.717) is 11.3 Å². The van der Waals surface area contributed by atoms with Gasteiger partial charge in [0.05, 0.1) is 22.7 Å². The van der Waals surface area contributed by atoms with Gasteiger partial charge in [0.1, 0.15) is 22.7 Å². The van der Waals surface area contributed by atoms with E-state index < -0.39 is 5.41 Å². The van der Waals surface area contributed by atoms with Gasteiger partial charge in [0.2, 0.25) is 0 Å². The number of ether oxygens (including phenoxy) is 1. The molecule has 4 heteroatoms. The van der Waals surface area contributed by atoms with Crippen molar-refractivity contribution in [2.45, 2.75) is 5.41 Å². The van der Waals surface area contributed by atoms with Crippen LogP contribution in [-0.2, 0) is 5.41 Å². The molecule has 0 saturated carbocycles. The minimum Gasteiger partial charge on any atom is -0.457 e. The third kappa shape index (κ3) is 4.18. The van der Waals surface area contributed by atoms with Gasteiger partial charge in [-0.2, -0.15) is 5.26 Å². The Bertz CT molecular complexity index is 2990. The molecule has 2 heterocycles. The van der Waals surface area contributed by atoms with Gasteiger partial charge in [-0.05, 0) is 88.5 Å². The van der Waals surface area contributed by atoms with E-state index in [-0.39, 0.29) is 0 Å². The Hall–Kier alpha value is -7.35. The van der Waals surface area contributed by atoms with E-state index in [9.17, 15) is 5.26 Å². The second-order valence-electron chi connectivity index (χ2n) is 13.9. The molecule has 0 radical (unpaired) electrons. The predicted molar refractivity (Wildman–Crippen MR) is 216 cm³/mol. The lowest BCUT2D eigenvalue weighted by molar-refractivity contribution is 0.436. The maximum absolute atomic E-state index is 9.85. The molecule has 54 heavy (non-hydrogen) atoms. The van der Waals surface area contributed by atoms with Crippen LogP contribution in [0.25, 0.3) is 44.2 Å². The van der Waals surface area contributed by atoms with Gasteiger partial charge < -0.3 is 14.1 Å². The van der Waals surface area contributed by atoms with Crippen molar-refractivity contribution in [1.29, 1.82) is 5.26 Å². The van der Waals surface area contributed by atoms with Crippen LogP contribution in [0.15, 0.2) is 186 Å². The Morgan fingerprint density at radius 3 is 2.04 bits per heavy atom. The summed E-state index contributed by atoms with van der Waals surface area (Å²) in [5.41, 5.74) is 13.7. The summed E-state index contributed by atoms with van der Waals surface area (Å²) in [6, 6.07) is 65.9. The number of hydrogen-bond acceptors (Lipinski definition) is 4. The maximum Gasteiger partial charge on any atom is 0.145 e. The second kappa shape index (κ2) is 11.6. The molecule has 8 aromatic carbocycles. The predicted octanol–water partition coefficient (Wildman–Crippen LogP) is 13.1. The molecular formula is C50H30N2O2. The summed E-state index contributed by atoms with van der Waals surface area (Å²) in [5.74, 6) is 1.50. The van der Waals surface area contributed by atoms with E-state index in [1.54, 1.807) is 0 Å². The number of fused-ring (bicyclic) bond motifs is 12. The molecule has 9 aromatic rings. The van der Waals surface area contributed by atoms with Gasteiger partial charge in [-0.3, -0.25) is 0 Å². The highest BCUT2D eigenvalue weighted by atomic mass is 16.5. The van der Waals surface area contributed by atoms with E-state index in [2.05, 4.69) is 157 Å². The fraction of sp³-hybridized carbons (Fsp3) is 0.0200. The standard InChI is InChI=1S/C50H30N2O2/c51-31-32-23-26-43-47(29-32)53-46-22-12-10-20-42(46)50(43)40-19-9-7-17-36(40)39-30-35(24-27-41(39)50)52(34-15-5-2-6-16-34)44-28-25-38-37-18-8-11-21-45(37)54-49(38)48(44)33-13-3-1-4-14-33/h1-30H. The zero-order valence-corrected chi connectivity index (χ0v) is 29.0. The highest BCUT2D eigenvalue weighted by molar-refractivity contribution is 6.13. The van der Waals surface area contributed by atoms with Gasteiger partial charge in [-0.1, -0.05) is 121 Å². The molecule has 0 amide bonds. The number of nitriles is 1. The van der Waals surface area contributed by atoms with Crippen LogP contribution >= 0.6 is 0 Å². The number of anilines is 3. The number of rotatable bonds is 4. The van der Waals surface area contributed by atoms with Gasteiger partial charge in [-0.15, -0.1) is 0 Å². The maximum atomic E-state index is 9.85. The minimum absolute atomic E-state index is 0.569. The third-order valence-corrected chi connectivity index (χ3v) is 11.2. The molecule has 0 saturated heterocycles. The molecule has 1 unspecified atom stereocenters. The summed E-state index contributed by atoms with van der Waals surface area (Å²) < 4.78 is 13.3. The molecular weight excluding hydrogens is 661 g/mol. The molecule has 252 valence electrons. The van der Waals surface area contributed by atoms with Crippen LogP contribution in [-0.4, -0.2) is 0 Å². The van der Waals surface area contributed by atoms with Crippen molar-refractivity contribution in [1.82, 2.24) is 0 Å². The van der Waals surface area contributed by atoms with Gasteiger partial charge >= 0.3 is 0 Å². The van der Waals surface area contributed by atoms with Crippen LogP contribution in [0.4, 0.5) is 17.1 Å². The number of nitrogens with zero attached hydrogens (tertiary/aromatic N) is 2. The Morgan fingerprint density at radius 2 is 1.19 bits per heavy atom. The number of hydrogen-bond donors (Lipinski definition) is 0. The van der Waals surface area contributed by atoms with Gasteiger partial charge in [0, 0.05) is 38.8 Å². The largest absolute Gasteiger partial charge is 0.457 e. The van der Waals surface area contributed by atoms with Gasteiger partial charge in [-0.25, -0.2) is 0 Å². The summed E-state index contributed by atoms with van der Waals surface area (Å²) in [7, 11) is 0. The van der Waals surface area contributed by atoms with Crippen LogP contribution < -0.4 is 9.64 Å². The Morgan fingerprint density at radius 1 is 0.500 bits per heavy atom. The van der Waals surface area contributed by atoms with E-state index in [0.717, 1.165) is 72.6 Å². The van der Waals surface area contributed by atoms with Gasteiger partial charge in [0.25, 0.3) is 0 Å². The van der Waals surface area contributed by atoms with Crippen molar-refractivity contribution in [3.63, 3.8) is 0 Å². The number of furan rings is 1. The molecule has 0 bridgehead atoms. The molecule has 1 aliphatic carbocycles. The summed E-state index contributed by atoms with van der Waals surface area (Å²) in [4.78, 5) is 2.36. The summed E-state index contributed by atoms with van der Waals surface area (Å²) in [5, 5.41) is 12.0. The monoisotopic (exact) mass is 690 g/mol. The van der Waals surface area contributed by atoms with E-state index in [1.807, 2.05) is 36.4 Å². The topological polar surface area (TPSA) is 49.4 Å². The molecule has 0 fully saturated rings. The van der Waals surface area contributed by atoms with Crippen molar-refractivity contribution in [2.24, 2.45) is 0 Å². The second-order valence-corrected chi connectivity index (χ2v) is 13.9. The Balaban J connectivity index is 1.20. The number of benzene rings is 8. The van der Waals surface area contributed by atoms with E-state index in [1.165, 1.54) is 16.7 Å². The summed E-state index contributed by atoms with van der Waals surface area (Å²) in [6.07, 6.45) is 0. The van der Waals surface area contributed by atoms with Crippen molar-refractivity contribution < 1.29 is 9.15 Å². The average Bonchev–Trinajstić information content (AvgIpc) is 3.75. The van der Waals surface area contributed by atoms with Crippen LogP contribution in [0.2, 0.25) is 0 Å². The fourth-order valence-corrected chi connectivity index (χ4v) is 8.96. The molecule has 0 N–H and O–H groups in total. The third-order valence-electron chi connectivity index (χ3n) is 11.2. The van der Waals surface area contributed by atoms with Crippen molar-refractivity contribution in [2.75, 3.05) is 4.90 Å². The molecule has 1 aromatic heterocycles. The average molecular weight is 691 g/mol. The molecule has 1 aliphatic heterocycles. The van der Waals surface area contributed by atoms with Crippen molar-refractivity contribution in [3.8, 4) is 39.8 Å². The first-order valence-electron chi connectivity index (χ1n) is 18.2. The van der Waals surface area contributed by atoms with Gasteiger partial charge in [0.15, 0.2) is 0 Å². The highest BCUT2D eigenvalue weighted by Crippen LogP contribution is 2.62. The normalized spacial score (nSPS) is 14.9.